The summed E-state index contributed by atoms with van der Waals surface area (Å²) in [4.78, 5) is 28.7. The lowest BCUT2D eigenvalue weighted by Gasteiger charge is -2.40. The molecular formula is C29H35N5O2. The van der Waals surface area contributed by atoms with E-state index in [1.54, 1.807) is 4.90 Å². The highest BCUT2D eigenvalue weighted by atomic mass is 16.2. The van der Waals surface area contributed by atoms with Gasteiger partial charge in [-0.15, -0.1) is 0 Å². The minimum absolute atomic E-state index is 0.0245. The van der Waals surface area contributed by atoms with E-state index >= 15 is 0 Å². The van der Waals surface area contributed by atoms with Crippen LogP contribution in [-0.4, -0.2) is 54.0 Å². The molecule has 0 bridgehead atoms. The molecule has 188 valence electrons. The minimum atomic E-state index is -0.259. The summed E-state index contributed by atoms with van der Waals surface area (Å²) in [5, 5.41) is 15.0. The van der Waals surface area contributed by atoms with E-state index in [9.17, 15) is 9.59 Å². The van der Waals surface area contributed by atoms with E-state index in [0.717, 1.165) is 48.4 Å². The Labute approximate surface area is 213 Å². The maximum Gasteiger partial charge on any atom is 0.319 e. The van der Waals surface area contributed by atoms with Crippen LogP contribution in [0.25, 0.3) is 5.70 Å². The van der Waals surface area contributed by atoms with Gasteiger partial charge in [0.1, 0.15) is 0 Å². The van der Waals surface area contributed by atoms with Crippen molar-refractivity contribution in [2.45, 2.75) is 45.6 Å². The number of carbonyl (C=O) groups is 2. The Hall–Kier alpha value is -3.79. The van der Waals surface area contributed by atoms with Crippen molar-refractivity contribution < 1.29 is 9.59 Å². The molecule has 7 nitrogen and oxygen atoms in total. The molecule has 3 amide bonds. The van der Waals surface area contributed by atoms with E-state index in [1.807, 2.05) is 45.0 Å². The number of aryl methyl sites for hydroxylation is 1. The molecule has 0 saturated carbocycles. The number of hydrogen-bond donors (Lipinski definition) is 2. The fourth-order valence-corrected chi connectivity index (χ4v) is 4.89. The monoisotopic (exact) mass is 485 g/mol. The van der Waals surface area contributed by atoms with Crippen molar-refractivity contribution in [1.82, 2.24) is 15.1 Å². The Morgan fingerprint density at radius 2 is 1.72 bits per heavy atom. The second-order valence-electron chi connectivity index (χ2n) is 10.2. The molecule has 2 aromatic rings. The molecule has 2 aromatic carbocycles. The predicted molar refractivity (Wildman–Crippen MR) is 142 cm³/mol. The molecule has 2 N–H and O–H groups in total. The van der Waals surface area contributed by atoms with Gasteiger partial charge < -0.3 is 20.4 Å². The van der Waals surface area contributed by atoms with Gasteiger partial charge in [-0.3, -0.25) is 4.79 Å². The lowest BCUT2D eigenvalue weighted by Crippen LogP contribution is -2.62. The topological polar surface area (TPSA) is 88.5 Å². The van der Waals surface area contributed by atoms with Gasteiger partial charge in [0, 0.05) is 43.5 Å². The highest BCUT2D eigenvalue weighted by molar-refractivity contribution is 5.91. The van der Waals surface area contributed by atoms with Crippen LogP contribution in [0.3, 0.4) is 0 Å². The molecule has 2 aliphatic heterocycles. The summed E-state index contributed by atoms with van der Waals surface area (Å²) in [6.07, 6.45) is 2.06. The molecule has 2 saturated heterocycles. The molecule has 7 heteroatoms. The number of nitrogens with zero attached hydrogens (tertiary/aromatic N) is 3. The van der Waals surface area contributed by atoms with Gasteiger partial charge >= 0.3 is 6.03 Å². The van der Waals surface area contributed by atoms with Crippen LogP contribution in [0.4, 0.5) is 10.5 Å². The quantitative estimate of drug-likeness (QED) is 0.621. The average Bonchev–Trinajstić information content (AvgIpc) is 2.86. The Kier molecular flexibility index (Phi) is 7.64. The molecule has 0 radical (unpaired) electrons. The van der Waals surface area contributed by atoms with E-state index in [2.05, 4.69) is 46.4 Å². The molecule has 0 spiro atoms. The van der Waals surface area contributed by atoms with Crippen LogP contribution in [0.1, 0.15) is 54.9 Å². The first kappa shape index (κ1) is 25.3. The summed E-state index contributed by atoms with van der Waals surface area (Å²) in [5.41, 5.74) is 5.66. The number of likely N-dealkylation sites (tertiary alicyclic amines) is 2. The lowest BCUT2D eigenvalue weighted by molar-refractivity contribution is -0.139. The molecule has 4 rings (SSSR count). The van der Waals surface area contributed by atoms with Gasteiger partial charge in [-0.2, -0.15) is 5.26 Å². The third-order valence-electron chi connectivity index (χ3n) is 7.23. The van der Waals surface area contributed by atoms with Gasteiger partial charge in [0.05, 0.1) is 17.7 Å². The van der Waals surface area contributed by atoms with Crippen LogP contribution in [0.5, 0.6) is 0 Å². The number of nitriles is 1. The van der Waals surface area contributed by atoms with Gasteiger partial charge in [-0.25, -0.2) is 4.79 Å². The first-order valence-electron chi connectivity index (χ1n) is 12.7. The number of urea groups is 1. The molecular weight excluding hydrogens is 450 g/mol. The third-order valence-corrected chi connectivity index (χ3v) is 7.23. The van der Waals surface area contributed by atoms with E-state index < -0.39 is 0 Å². The first-order valence-corrected chi connectivity index (χ1v) is 12.7. The van der Waals surface area contributed by atoms with Gasteiger partial charge in [0.15, 0.2) is 0 Å². The van der Waals surface area contributed by atoms with Gasteiger partial charge in [0.25, 0.3) is 0 Å². The second kappa shape index (κ2) is 10.9. The standard InChI is InChI=1S/C29H35N5O2/c1-19(2)28(35)34-17-26(18-34)31-29(36)32-27-15-25(8-5-20(27)3)21(4)33-13-11-24(12-14-33)23-9-6-22(16-30)7-10-23/h5-10,15,19,24,26H,4,11-14,17-18H2,1-3H3,(H2,31,32,36). The fourth-order valence-electron chi connectivity index (χ4n) is 4.89. The molecule has 2 aliphatic rings. The predicted octanol–water partition coefficient (Wildman–Crippen LogP) is 4.71. The summed E-state index contributed by atoms with van der Waals surface area (Å²) in [7, 11) is 0. The zero-order valence-corrected chi connectivity index (χ0v) is 21.4. The first-order chi connectivity index (χ1) is 17.2. The Bertz CT molecular complexity index is 1170. The highest BCUT2D eigenvalue weighted by Crippen LogP contribution is 2.32. The molecule has 0 aromatic heterocycles. The van der Waals surface area contributed by atoms with Crippen LogP contribution in [0.15, 0.2) is 49.0 Å². The van der Waals surface area contributed by atoms with Crippen LogP contribution < -0.4 is 10.6 Å². The summed E-state index contributed by atoms with van der Waals surface area (Å²) in [5.74, 6) is 0.579. The Morgan fingerprint density at radius 1 is 1.06 bits per heavy atom. The van der Waals surface area contributed by atoms with Crippen molar-refractivity contribution >= 4 is 23.3 Å². The normalized spacial score (nSPS) is 16.3. The maximum atomic E-state index is 12.6. The molecule has 2 heterocycles. The van der Waals surface area contributed by atoms with Crippen LogP contribution >= 0.6 is 0 Å². The SMILES string of the molecule is C=C(c1ccc(C)c(NC(=O)NC2CN(C(=O)C(C)C)C2)c1)N1CCC(c2ccc(C#N)cc2)CC1. The molecule has 2 fully saturated rings. The molecule has 0 atom stereocenters. The summed E-state index contributed by atoms with van der Waals surface area (Å²) in [6.45, 7) is 13.0. The smallest absolute Gasteiger partial charge is 0.319 e. The zero-order valence-electron chi connectivity index (χ0n) is 21.4. The summed E-state index contributed by atoms with van der Waals surface area (Å²) < 4.78 is 0. The number of rotatable bonds is 6. The van der Waals surface area contributed by atoms with E-state index in [0.29, 0.717) is 24.6 Å². The number of hydrogen-bond acceptors (Lipinski definition) is 4. The number of amides is 3. The summed E-state index contributed by atoms with van der Waals surface area (Å²) in [6, 6.07) is 15.9. The van der Waals surface area contributed by atoms with Crippen LogP contribution in [-0.2, 0) is 4.79 Å². The van der Waals surface area contributed by atoms with E-state index in [-0.39, 0.29) is 23.9 Å². The maximum absolute atomic E-state index is 12.6. The lowest BCUT2D eigenvalue weighted by atomic mass is 9.88. The zero-order chi connectivity index (χ0) is 25.8. The largest absolute Gasteiger partial charge is 0.371 e. The highest BCUT2D eigenvalue weighted by Gasteiger charge is 2.32. The average molecular weight is 486 g/mol. The third kappa shape index (κ3) is 5.71. The van der Waals surface area contributed by atoms with Crippen LogP contribution in [0, 0.1) is 24.2 Å². The van der Waals surface area contributed by atoms with Crippen molar-refractivity contribution in [3.63, 3.8) is 0 Å². The summed E-state index contributed by atoms with van der Waals surface area (Å²) >= 11 is 0. The minimum Gasteiger partial charge on any atom is -0.371 e. The molecule has 0 aliphatic carbocycles. The van der Waals surface area contributed by atoms with E-state index in [4.69, 9.17) is 5.26 Å². The number of carbonyl (C=O) groups excluding carboxylic acids is 2. The van der Waals surface area contributed by atoms with E-state index in [1.165, 1.54) is 5.56 Å². The van der Waals surface area contributed by atoms with Crippen molar-refractivity contribution in [2.75, 3.05) is 31.5 Å². The van der Waals surface area contributed by atoms with Gasteiger partial charge in [-0.05, 0) is 60.6 Å². The Balaban J connectivity index is 1.31. The number of anilines is 1. The van der Waals surface area contributed by atoms with Crippen molar-refractivity contribution in [2.24, 2.45) is 5.92 Å². The van der Waals surface area contributed by atoms with Crippen LogP contribution in [0.2, 0.25) is 0 Å². The number of benzene rings is 2. The van der Waals surface area contributed by atoms with Crippen molar-refractivity contribution in [3.8, 4) is 6.07 Å². The van der Waals surface area contributed by atoms with Crippen molar-refractivity contribution in [3.05, 3.63) is 71.3 Å². The fraction of sp³-hybridized carbons (Fsp3) is 0.414. The number of piperidine rings is 1. The second-order valence-corrected chi connectivity index (χ2v) is 10.2. The molecule has 36 heavy (non-hydrogen) atoms. The van der Waals surface area contributed by atoms with Gasteiger partial charge in [-0.1, -0.05) is 44.7 Å². The molecule has 0 unspecified atom stereocenters. The Morgan fingerprint density at radius 3 is 2.33 bits per heavy atom. The van der Waals surface area contributed by atoms with Gasteiger partial charge in [0.2, 0.25) is 5.91 Å². The number of nitrogens with one attached hydrogen (secondary N) is 2. The van der Waals surface area contributed by atoms with Crippen molar-refractivity contribution in [1.29, 1.82) is 5.26 Å².